The second-order valence-electron chi connectivity index (χ2n) is 6.50. The van der Waals surface area contributed by atoms with Gasteiger partial charge in [-0.15, -0.1) is 13.2 Å². The van der Waals surface area contributed by atoms with Crippen LogP contribution in [-0.4, -0.2) is 52.0 Å². The minimum absolute atomic E-state index is 0.238. The topological polar surface area (TPSA) is 125 Å². The molecule has 27 heavy (non-hydrogen) atoms. The number of halogens is 3. The van der Waals surface area contributed by atoms with Crippen molar-refractivity contribution in [3.63, 3.8) is 0 Å². The van der Waals surface area contributed by atoms with E-state index in [4.69, 9.17) is 9.84 Å². The van der Waals surface area contributed by atoms with Gasteiger partial charge in [-0.3, -0.25) is 0 Å². The quantitative estimate of drug-likeness (QED) is 0.582. The lowest BCUT2D eigenvalue weighted by Crippen LogP contribution is -2.38. The van der Waals surface area contributed by atoms with Crippen molar-refractivity contribution >= 4 is 12.1 Å². The molecule has 11 heteroatoms. The molecule has 1 amide bonds. The Morgan fingerprint density at radius 1 is 1.19 bits per heavy atom. The number of carbonyl (C=O) groups excluding carboxylic acids is 1. The Kier molecular flexibility index (Phi) is 7.04. The summed E-state index contributed by atoms with van der Waals surface area (Å²) in [6, 6.07) is 2.47. The van der Waals surface area contributed by atoms with Gasteiger partial charge in [0.25, 0.3) is 0 Å². The van der Waals surface area contributed by atoms with Crippen molar-refractivity contribution < 1.29 is 47.6 Å². The van der Waals surface area contributed by atoms with Crippen LogP contribution in [0.4, 0.5) is 18.0 Å². The number of hydrogen-bond donors (Lipinski definition) is 4. The summed E-state index contributed by atoms with van der Waals surface area (Å²) in [5.74, 6) is -2.71. The molecule has 0 aliphatic carbocycles. The molecule has 0 saturated heterocycles. The number of amides is 1. The van der Waals surface area contributed by atoms with Crippen molar-refractivity contribution in [2.75, 3.05) is 6.54 Å². The minimum atomic E-state index is -5.15. The molecule has 1 rings (SSSR count). The van der Waals surface area contributed by atoms with Crippen molar-refractivity contribution in [1.29, 1.82) is 0 Å². The highest BCUT2D eigenvalue weighted by molar-refractivity contribution is 5.91. The second kappa shape index (κ2) is 8.44. The van der Waals surface area contributed by atoms with Crippen LogP contribution >= 0.6 is 0 Å². The Balaban J connectivity index is 2.89. The molecule has 2 unspecified atom stereocenters. The lowest BCUT2D eigenvalue weighted by Gasteiger charge is -2.22. The van der Waals surface area contributed by atoms with Gasteiger partial charge in [-0.1, -0.05) is 6.07 Å². The largest absolute Gasteiger partial charge is 0.573 e. The van der Waals surface area contributed by atoms with E-state index in [9.17, 15) is 33.0 Å². The number of aliphatic hydroxyl groups excluding tert-OH is 2. The number of rotatable bonds is 6. The molecule has 0 aliphatic heterocycles. The van der Waals surface area contributed by atoms with Gasteiger partial charge in [0.05, 0.1) is 0 Å². The molecular formula is C16H20F3NO7. The van der Waals surface area contributed by atoms with Gasteiger partial charge >= 0.3 is 18.4 Å². The average Bonchev–Trinajstić information content (AvgIpc) is 2.48. The van der Waals surface area contributed by atoms with Crippen molar-refractivity contribution in [1.82, 2.24) is 5.32 Å². The van der Waals surface area contributed by atoms with E-state index in [2.05, 4.69) is 10.1 Å². The van der Waals surface area contributed by atoms with Crippen molar-refractivity contribution in [3.8, 4) is 5.75 Å². The van der Waals surface area contributed by atoms with Crippen LogP contribution in [-0.2, 0) is 4.74 Å². The number of aromatic carboxylic acids is 1. The molecule has 0 aromatic heterocycles. The van der Waals surface area contributed by atoms with E-state index < -0.39 is 54.1 Å². The number of carboxylic acids is 1. The number of hydrogen-bond acceptors (Lipinski definition) is 6. The minimum Gasteiger partial charge on any atom is -0.478 e. The first-order valence-corrected chi connectivity index (χ1v) is 7.65. The summed E-state index contributed by atoms with van der Waals surface area (Å²) in [7, 11) is 0. The summed E-state index contributed by atoms with van der Waals surface area (Å²) in [6.07, 6.45) is -9.34. The smallest absolute Gasteiger partial charge is 0.478 e. The van der Waals surface area contributed by atoms with E-state index in [1.807, 2.05) is 0 Å². The van der Waals surface area contributed by atoms with Crippen LogP contribution in [0, 0.1) is 0 Å². The highest BCUT2D eigenvalue weighted by Crippen LogP contribution is 2.30. The van der Waals surface area contributed by atoms with E-state index in [1.54, 1.807) is 20.8 Å². The number of benzene rings is 1. The summed E-state index contributed by atoms with van der Waals surface area (Å²) in [6.45, 7) is 4.38. The third-order valence-electron chi connectivity index (χ3n) is 3.02. The fraction of sp³-hybridized carbons (Fsp3) is 0.500. The highest BCUT2D eigenvalue weighted by atomic mass is 19.4. The predicted octanol–water partition coefficient (Wildman–Crippen LogP) is 2.20. The van der Waals surface area contributed by atoms with Gasteiger partial charge in [0.2, 0.25) is 0 Å². The lowest BCUT2D eigenvalue weighted by molar-refractivity contribution is -0.274. The predicted molar refractivity (Wildman–Crippen MR) is 85.3 cm³/mol. The SMILES string of the molecule is CC(C)(C)OC(=O)NCC(O)C(O)c1ccc(C(=O)O)c(OC(F)(F)F)c1. The monoisotopic (exact) mass is 395 g/mol. The van der Waals surface area contributed by atoms with Gasteiger partial charge in [0.1, 0.15) is 29.1 Å². The number of alkyl carbamates (subject to hydrolysis) is 1. The van der Waals surface area contributed by atoms with Crippen molar-refractivity contribution in [3.05, 3.63) is 29.3 Å². The molecule has 0 aliphatic rings. The maximum atomic E-state index is 12.4. The maximum Gasteiger partial charge on any atom is 0.573 e. The van der Waals surface area contributed by atoms with Gasteiger partial charge in [-0.25, -0.2) is 9.59 Å². The third-order valence-corrected chi connectivity index (χ3v) is 3.02. The number of aliphatic hydroxyl groups is 2. The molecule has 152 valence electrons. The molecule has 2 atom stereocenters. The van der Waals surface area contributed by atoms with E-state index in [0.29, 0.717) is 6.07 Å². The van der Waals surface area contributed by atoms with Gasteiger partial charge in [-0.2, -0.15) is 0 Å². The lowest BCUT2D eigenvalue weighted by atomic mass is 10.0. The number of carbonyl (C=O) groups is 2. The van der Waals surface area contributed by atoms with Crippen molar-refractivity contribution in [2.45, 2.75) is 44.9 Å². The van der Waals surface area contributed by atoms with Crippen molar-refractivity contribution in [2.24, 2.45) is 0 Å². The molecule has 0 bridgehead atoms. The van der Waals surface area contributed by atoms with Gasteiger partial charge in [-0.05, 0) is 38.5 Å². The molecule has 1 aromatic rings. The Morgan fingerprint density at radius 3 is 2.26 bits per heavy atom. The molecule has 8 nitrogen and oxygen atoms in total. The third kappa shape index (κ3) is 7.71. The number of nitrogens with one attached hydrogen (secondary N) is 1. The zero-order chi connectivity index (χ0) is 21.0. The van der Waals surface area contributed by atoms with E-state index in [1.165, 1.54) is 0 Å². The summed E-state index contributed by atoms with van der Waals surface area (Å²) < 4.78 is 45.9. The number of carboxylic acid groups (broad SMARTS) is 1. The molecule has 0 radical (unpaired) electrons. The number of alkyl halides is 3. The van der Waals surface area contributed by atoms with Gasteiger partial charge in [0.15, 0.2) is 0 Å². The Morgan fingerprint density at radius 2 is 1.78 bits per heavy atom. The Bertz CT molecular complexity index is 686. The molecule has 1 aromatic carbocycles. The Hall–Kier alpha value is -2.53. The first-order chi connectivity index (χ1) is 12.2. The molecule has 0 heterocycles. The van der Waals surface area contributed by atoms with Crippen LogP contribution in [0.5, 0.6) is 5.75 Å². The molecule has 4 N–H and O–H groups in total. The standard InChI is InChI=1S/C16H20F3NO7/c1-15(2,3)27-14(25)20-7-10(21)12(22)8-4-5-9(13(23)24)11(6-8)26-16(17,18)19/h4-6,10,12,21-22H,7H2,1-3H3,(H,20,25)(H,23,24). The van der Waals surface area contributed by atoms with Crippen LogP contribution in [0.15, 0.2) is 18.2 Å². The molecule has 0 spiro atoms. The molecular weight excluding hydrogens is 375 g/mol. The summed E-state index contributed by atoms with van der Waals surface area (Å²) in [5.41, 5.74) is -1.80. The maximum absolute atomic E-state index is 12.4. The van der Waals surface area contributed by atoms with Crippen LogP contribution in [0.25, 0.3) is 0 Å². The van der Waals surface area contributed by atoms with E-state index in [-0.39, 0.29) is 5.56 Å². The fourth-order valence-electron chi connectivity index (χ4n) is 1.94. The van der Waals surface area contributed by atoms with E-state index >= 15 is 0 Å². The van der Waals surface area contributed by atoms with Gasteiger partial charge < -0.3 is 30.1 Å². The molecule has 0 saturated carbocycles. The van der Waals surface area contributed by atoms with E-state index in [0.717, 1.165) is 12.1 Å². The fourth-order valence-corrected chi connectivity index (χ4v) is 1.94. The molecule has 0 fully saturated rings. The summed E-state index contributed by atoms with van der Waals surface area (Å²) in [5, 5.41) is 31.1. The van der Waals surface area contributed by atoms with Crippen LogP contribution in [0.1, 0.15) is 42.8 Å². The zero-order valence-electron chi connectivity index (χ0n) is 14.7. The normalized spacial score (nSPS) is 14.2. The number of ether oxygens (including phenoxy) is 2. The zero-order valence-corrected chi connectivity index (χ0v) is 14.7. The van der Waals surface area contributed by atoms with Crippen LogP contribution in [0.3, 0.4) is 0 Å². The first kappa shape index (κ1) is 22.5. The average molecular weight is 395 g/mol. The second-order valence-corrected chi connectivity index (χ2v) is 6.50. The highest BCUT2D eigenvalue weighted by Gasteiger charge is 2.33. The van der Waals surface area contributed by atoms with Gasteiger partial charge in [0, 0.05) is 6.54 Å². The Labute approximate surface area is 152 Å². The first-order valence-electron chi connectivity index (χ1n) is 7.65. The van der Waals surface area contributed by atoms with Crippen LogP contribution < -0.4 is 10.1 Å². The van der Waals surface area contributed by atoms with Crippen LogP contribution in [0.2, 0.25) is 0 Å². The summed E-state index contributed by atoms with van der Waals surface area (Å²) in [4.78, 5) is 22.5. The summed E-state index contributed by atoms with van der Waals surface area (Å²) >= 11 is 0.